The van der Waals surface area contributed by atoms with Crippen LogP contribution in [0.25, 0.3) is 11.3 Å². The second-order valence-electron chi connectivity index (χ2n) is 5.93. The minimum atomic E-state index is 0.468. The summed E-state index contributed by atoms with van der Waals surface area (Å²) in [6.07, 6.45) is 1.55. The van der Waals surface area contributed by atoms with Crippen molar-refractivity contribution in [2.75, 3.05) is 11.4 Å². The maximum absolute atomic E-state index is 6.15. The van der Waals surface area contributed by atoms with Crippen molar-refractivity contribution in [2.45, 2.75) is 26.3 Å². The van der Waals surface area contributed by atoms with Crippen LogP contribution in [0.2, 0.25) is 10.2 Å². The van der Waals surface area contributed by atoms with Crippen LogP contribution in [-0.2, 0) is 19.4 Å². The highest BCUT2D eigenvalue weighted by Gasteiger charge is 2.26. The normalized spacial score (nSPS) is 13.8. The smallest absolute Gasteiger partial charge is 0.172 e. The molecule has 0 amide bonds. The zero-order chi connectivity index (χ0) is 17.4. The van der Waals surface area contributed by atoms with Crippen molar-refractivity contribution in [1.29, 1.82) is 0 Å². The number of aromatic nitrogens is 3. The second kappa shape index (κ2) is 6.65. The van der Waals surface area contributed by atoms with Crippen LogP contribution >= 0.6 is 23.2 Å². The Balaban J connectivity index is 1.68. The van der Waals surface area contributed by atoms with Crippen molar-refractivity contribution in [3.63, 3.8) is 0 Å². The molecule has 0 N–H and O–H groups in total. The molecule has 0 unspecified atom stereocenters. The van der Waals surface area contributed by atoms with Gasteiger partial charge in [-0.25, -0.2) is 9.97 Å². The SMILES string of the molecule is CCc1nc(Cl)cc(N2CCc3noc(-c4ccc(Cl)cc4)c3C2)n1. The monoisotopic (exact) mass is 374 g/mol. The highest BCUT2D eigenvalue weighted by molar-refractivity contribution is 6.30. The number of halogens is 2. The Labute approximate surface area is 155 Å². The lowest BCUT2D eigenvalue weighted by Crippen LogP contribution is -2.31. The van der Waals surface area contributed by atoms with Crippen LogP contribution in [0.3, 0.4) is 0 Å². The van der Waals surface area contributed by atoms with Crippen LogP contribution in [0, 0.1) is 0 Å². The Morgan fingerprint density at radius 1 is 1.16 bits per heavy atom. The Hall–Kier alpha value is -2.11. The van der Waals surface area contributed by atoms with Crippen LogP contribution in [0.5, 0.6) is 0 Å². The van der Waals surface area contributed by atoms with E-state index < -0.39 is 0 Å². The third-order valence-electron chi connectivity index (χ3n) is 4.31. The van der Waals surface area contributed by atoms with Gasteiger partial charge in [0.15, 0.2) is 5.76 Å². The molecular weight excluding hydrogens is 359 g/mol. The van der Waals surface area contributed by atoms with E-state index in [1.54, 1.807) is 6.07 Å². The van der Waals surface area contributed by atoms with E-state index in [1.165, 1.54) is 0 Å². The molecule has 5 nitrogen and oxygen atoms in total. The van der Waals surface area contributed by atoms with Crippen LogP contribution < -0.4 is 4.90 Å². The van der Waals surface area contributed by atoms with Gasteiger partial charge in [-0.2, -0.15) is 0 Å². The topological polar surface area (TPSA) is 55.1 Å². The average molecular weight is 375 g/mol. The first kappa shape index (κ1) is 16.4. The summed E-state index contributed by atoms with van der Waals surface area (Å²) in [5.74, 6) is 2.37. The number of fused-ring (bicyclic) bond motifs is 1. The summed E-state index contributed by atoms with van der Waals surface area (Å²) in [6.45, 7) is 3.51. The van der Waals surface area contributed by atoms with Gasteiger partial charge in [0.2, 0.25) is 0 Å². The summed E-state index contributed by atoms with van der Waals surface area (Å²) in [5, 5.41) is 5.41. The molecule has 3 heterocycles. The van der Waals surface area contributed by atoms with Gasteiger partial charge in [0.25, 0.3) is 0 Å². The lowest BCUT2D eigenvalue weighted by Gasteiger charge is -2.27. The summed E-state index contributed by atoms with van der Waals surface area (Å²) < 4.78 is 5.62. The van der Waals surface area contributed by atoms with E-state index >= 15 is 0 Å². The average Bonchev–Trinajstić information content (AvgIpc) is 3.05. The lowest BCUT2D eigenvalue weighted by molar-refractivity contribution is 0.424. The minimum Gasteiger partial charge on any atom is -0.356 e. The van der Waals surface area contributed by atoms with E-state index in [0.717, 1.165) is 53.6 Å². The molecule has 25 heavy (non-hydrogen) atoms. The third kappa shape index (κ3) is 3.22. The molecule has 0 spiro atoms. The maximum Gasteiger partial charge on any atom is 0.172 e. The number of hydrogen-bond acceptors (Lipinski definition) is 5. The molecule has 0 saturated carbocycles. The van der Waals surface area contributed by atoms with Crippen LogP contribution in [0.1, 0.15) is 24.0 Å². The molecular formula is C18H16Cl2N4O. The van der Waals surface area contributed by atoms with Crippen molar-refractivity contribution in [3.05, 3.63) is 57.6 Å². The van der Waals surface area contributed by atoms with Gasteiger partial charge in [0, 0.05) is 41.6 Å². The minimum absolute atomic E-state index is 0.468. The maximum atomic E-state index is 6.15. The molecule has 0 radical (unpaired) electrons. The van der Waals surface area contributed by atoms with E-state index in [-0.39, 0.29) is 0 Å². The van der Waals surface area contributed by atoms with Gasteiger partial charge in [-0.05, 0) is 24.3 Å². The number of anilines is 1. The van der Waals surface area contributed by atoms with Crippen LogP contribution in [0.15, 0.2) is 34.9 Å². The number of benzene rings is 1. The Kier molecular flexibility index (Phi) is 4.36. The van der Waals surface area contributed by atoms with E-state index in [2.05, 4.69) is 20.0 Å². The molecule has 1 aromatic carbocycles. The predicted octanol–water partition coefficient (Wildman–Crippen LogP) is 4.56. The standard InChI is InChI=1S/C18H16Cl2N4O/c1-2-16-21-15(20)9-17(22-16)24-8-7-14-13(10-24)18(25-23-14)11-3-5-12(19)6-4-11/h3-6,9H,2,7-8,10H2,1H3. The van der Waals surface area contributed by atoms with Crippen LogP contribution in [0.4, 0.5) is 5.82 Å². The van der Waals surface area contributed by atoms with Crippen molar-refractivity contribution < 1.29 is 4.52 Å². The molecule has 0 saturated heterocycles. The quantitative estimate of drug-likeness (QED) is 0.628. The molecule has 0 aliphatic carbocycles. The van der Waals surface area contributed by atoms with Gasteiger partial charge in [0.05, 0.1) is 12.2 Å². The van der Waals surface area contributed by atoms with Gasteiger partial charge in [-0.15, -0.1) is 0 Å². The molecule has 0 atom stereocenters. The zero-order valence-electron chi connectivity index (χ0n) is 13.7. The number of hydrogen-bond donors (Lipinski definition) is 0. The van der Waals surface area contributed by atoms with Gasteiger partial charge in [-0.3, -0.25) is 0 Å². The first-order valence-corrected chi connectivity index (χ1v) is 8.91. The molecule has 0 bridgehead atoms. The fraction of sp³-hybridized carbons (Fsp3) is 0.278. The largest absolute Gasteiger partial charge is 0.356 e. The number of aryl methyl sites for hydroxylation is 1. The molecule has 4 rings (SSSR count). The number of nitrogens with zero attached hydrogens (tertiary/aromatic N) is 4. The highest BCUT2D eigenvalue weighted by atomic mass is 35.5. The fourth-order valence-corrected chi connectivity index (χ4v) is 3.33. The molecule has 1 aliphatic rings. The Morgan fingerprint density at radius 3 is 2.72 bits per heavy atom. The summed E-state index contributed by atoms with van der Waals surface area (Å²) in [7, 11) is 0. The lowest BCUT2D eigenvalue weighted by atomic mass is 10.0. The molecule has 7 heteroatoms. The van der Waals surface area contributed by atoms with Gasteiger partial charge in [-0.1, -0.05) is 35.3 Å². The van der Waals surface area contributed by atoms with E-state index in [0.29, 0.717) is 16.7 Å². The van der Waals surface area contributed by atoms with Crippen molar-refractivity contribution in [2.24, 2.45) is 0 Å². The Bertz CT molecular complexity index is 908. The summed E-state index contributed by atoms with van der Waals surface area (Å²) in [6, 6.07) is 9.40. The summed E-state index contributed by atoms with van der Waals surface area (Å²) in [5.41, 5.74) is 3.05. The van der Waals surface area contributed by atoms with E-state index in [9.17, 15) is 0 Å². The van der Waals surface area contributed by atoms with Gasteiger partial charge >= 0.3 is 0 Å². The van der Waals surface area contributed by atoms with Crippen molar-refractivity contribution in [3.8, 4) is 11.3 Å². The van der Waals surface area contributed by atoms with Crippen LogP contribution in [-0.4, -0.2) is 21.7 Å². The second-order valence-corrected chi connectivity index (χ2v) is 6.76. The Morgan fingerprint density at radius 2 is 1.96 bits per heavy atom. The first-order valence-electron chi connectivity index (χ1n) is 8.16. The molecule has 2 aromatic heterocycles. The van der Waals surface area contributed by atoms with Crippen molar-refractivity contribution in [1.82, 2.24) is 15.1 Å². The van der Waals surface area contributed by atoms with Gasteiger partial charge < -0.3 is 9.42 Å². The summed E-state index contributed by atoms with van der Waals surface area (Å²) >= 11 is 12.1. The van der Waals surface area contributed by atoms with E-state index in [4.69, 9.17) is 27.7 Å². The molecule has 3 aromatic rings. The third-order valence-corrected chi connectivity index (χ3v) is 4.76. The molecule has 128 valence electrons. The predicted molar refractivity (Wildman–Crippen MR) is 98.1 cm³/mol. The molecule has 1 aliphatic heterocycles. The molecule has 0 fully saturated rings. The zero-order valence-corrected chi connectivity index (χ0v) is 15.2. The first-order chi connectivity index (χ1) is 12.1. The van der Waals surface area contributed by atoms with Gasteiger partial charge in [0.1, 0.15) is 16.8 Å². The fourth-order valence-electron chi connectivity index (χ4n) is 3.01. The highest BCUT2D eigenvalue weighted by Crippen LogP contribution is 2.32. The summed E-state index contributed by atoms with van der Waals surface area (Å²) in [4.78, 5) is 11.0. The van der Waals surface area contributed by atoms with Crippen molar-refractivity contribution >= 4 is 29.0 Å². The number of rotatable bonds is 3. The van der Waals surface area contributed by atoms with E-state index in [1.807, 2.05) is 31.2 Å².